The van der Waals surface area contributed by atoms with E-state index in [-0.39, 0.29) is 11.8 Å². The summed E-state index contributed by atoms with van der Waals surface area (Å²) in [6.45, 7) is 8.07. The number of benzene rings is 1. The molecule has 0 aromatic heterocycles. The minimum atomic E-state index is -3.34. The molecule has 106 valence electrons. The van der Waals surface area contributed by atoms with Gasteiger partial charge >= 0.3 is 0 Å². The molecule has 0 aliphatic heterocycles. The van der Waals surface area contributed by atoms with Gasteiger partial charge < -0.3 is 5.73 Å². The van der Waals surface area contributed by atoms with Crippen molar-refractivity contribution in [1.29, 1.82) is 0 Å². The van der Waals surface area contributed by atoms with Gasteiger partial charge in [0.1, 0.15) is 0 Å². The fourth-order valence-electron chi connectivity index (χ4n) is 1.91. The normalized spacial score (nSPS) is 12.1. The van der Waals surface area contributed by atoms with E-state index in [4.69, 9.17) is 5.73 Å². The molecule has 19 heavy (non-hydrogen) atoms. The molecule has 0 atom stereocenters. The van der Waals surface area contributed by atoms with Gasteiger partial charge in [-0.3, -0.25) is 0 Å². The van der Waals surface area contributed by atoms with Crippen LogP contribution in [-0.4, -0.2) is 25.3 Å². The molecule has 0 unspecified atom stereocenters. The van der Waals surface area contributed by atoms with Crippen LogP contribution in [0.3, 0.4) is 0 Å². The number of hydrogen-bond donors (Lipinski definition) is 1. The van der Waals surface area contributed by atoms with Crippen LogP contribution < -0.4 is 5.73 Å². The lowest BCUT2D eigenvalue weighted by molar-refractivity contribution is 0.382. The van der Waals surface area contributed by atoms with Crippen molar-refractivity contribution in [3.63, 3.8) is 0 Å². The van der Waals surface area contributed by atoms with Gasteiger partial charge in [0.15, 0.2) is 0 Å². The second kappa shape index (κ2) is 6.84. The molecule has 0 amide bonds. The number of nitrogens with zero attached hydrogens (tertiary/aromatic N) is 1. The molecule has 1 aromatic rings. The summed E-state index contributed by atoms with van der Waals surface area (Å²) >= 11 is 0. The quantitative estimate of drug-likeness (QED) is 0.777. The van der Waals surface area contributed by atoms with Crippen molar-refractivity contribution in [2.24, 2.45) is 5.73 Å². The number of nitrogens with two attached hydrogens (primary N) is 1. The highest BCUT2D eigenvalue weighted by molar-refractivity contribution is 7.88. The topological polar surface area (TPSA) is 63.4 Å². The van der Waals surface area contributed by atoms with Crippen LogP contribution in [0.4, 0.5) is 0 Å². The third-order valence-electron chi connectivity index (χ3n) is 2.82. The Balaban J connectivity index is 2.96. The summed E-state index contributed by atoms with van der Waals surface area (Å²) in [5.74, 6) is -0.00708. The molecular weight excluding hydrogens is 260 g/mol. The van der Waals surface area contributed by atoms with Gasteiger partial charge in [-0.05, 0) is 25.0 Å². The summed E-state index contributed by atoms with van der Waals surface area (Å²) in [5, 5.41) is 0. The first-order valence-corrected chi connectivity index (χ1v) is 7.90. The molecule has 0 aliphatic rings. The Hall–Kier alpha value is -1.17. The Morgan fingerprint density at radius 1 is 1.37 bits per heavy atom. The maximum absolute atomic E-state index is 12.4. The first-order valence-electron chi connectivity index (χ1n) is 6.29. The molecule has 0 bridgehead atoms. The van der Waals surface area contributed by atoms with Crippen LogP contribution in [0, 0.1) is 0 Å². The Labute approximate surface area is 116 Å². The lowest BCUT2D eigenvalue weighted by atomic mass is 10.1. The van der Waals surface area contributed by atoms with E-state index in [0.717, 1.165) is 11.1 Å². The molecule has 0 heterocycles. The van der Waals surface area contributed by atoms with E-state index in [9.17, 15) is 8.42 Å². The van der Waals surface area contributed by atoms with E-state index in [2.05, 4.69) is 6.58 Å². The van der Waals surface area contributed by atoms with Crippen molar-refractivity contribution >= 4 is 10.0 Å². The highest BCUT2D eigenvalue weighted by Gasteiger charge is 2.23. The van der Waals surface area contributed by atoms with Crippen LogP contribution in [0.2, 0.25) is 0 Å². The van der Waals surface area contributed by atoms with Crippen LogP contribution in [0.25, 0.3) is 0 Å². The van der Waals surface area contributed by atoms with Gasteiger partial charge in [0.25, 0.3) is 0 Å². The van der Waals surface area contributed by atoms with E-state index in [1.165, 1.54) is 4.31 Å². The first kappa shape index (κ1) is 15.9. The van der Waals surface area contributed by atoms with Gasteiger partial charge in [-0.1, -0.05) is 30.3 Å². The molecule has 0 saturated carbocycles. The molecular formula is C14H22N2O2S. The zero-order valence-corrected chi connectivity index (χ0v) is 12.4. The van der Waals surface area contributed by atoms with E-state index in [0.29, 0.717) is 13.1 Å². The molecule has 2 N–H and O–H groups in total. The van der Waals surface area contributed by atoms with Gasteiger partial charge in [0.05, 0.1) is 5.75 Å². The Kier molecular flexibility index (Phi) is 5.72. The van der Waals surface area contributed by atoms with Gasteiger partial charge in [-0.25, -0.2) is 8.42 Å². The van der Waals surface area contributed by atoms with Gasteiger partial charge in [-0.2, -0.15) is 4.31 Å². The predicted octanol–water partition coefficient (Wildman–Crippen LogP) is 1.87. The van der Waals surface area contributed by atoms with Crippen LogP contribution >= 0.6 is 0 Å². The van der Waals surface area contributed by atoms with E-state index < -0.39 is 10.0 Å². The van der Waals surface area contributed by atoms with Gasteiger partial charge in [0.2, 0.25) is 10.0 Å². The monoisotopic (exact) mass is 282 g/mol. The Bertz CT molecular complexity index is 524. The van der Waals surface area contributed by atoms with Crippen molar-refractivity contribution in [2.75, 3.05) is 6.54 Å². The van der Waals surface area contributed by atoms with Crippen molar-refractivity contribution < 1.29 is 8.42 Å². The van der Waals surface area contributed by atoms with Gasteiger partial charge in [-0.15, -0.1) is 6.58 Å². The van der Waals surface area contributed by atoms with E-state index >= 15 is 0 Å². The van der Waals surface area contributed by atoms with E-state index in [1.807, 2.05) is 38.1 Å². The number of hydrogen-bond acceptors (Lipinski definition) is 3. The summed E-state index contributed by atoms with van der Waals surface area (Å²) in [4.78, 5) is 0. The summed E-state index contributed by atoms with van der Waals surface area (Å²) in [7, 11) is -3.34. The Morgan fingerprint density at radius 2 is 2.00 bits per heavy atom. The largest absolute Gasteiger partial charge is 0.326 e. The third-order valence-corrected chi connectivity index (χ3v) is 4.80. The molecule has 4 nitrogen and oxygen atoms in total. The van der Waals surface area contributed by atoms with Crippen molar-refractivity contribution in [3.05, 3.63) is 48.0 Å². The highest BCUT2D eigenvalue weighted by atomic mass is 32.2. The van der Waals surface area contributed by atoms with Crippen LogP contribution in [-0.2, 0) is 22.3 Å². The maximum Gasteiger partial charge on any atom is 0.218 e. The maximum atomic E-state index is 12.4. The number of sulfonamides is 1. The minimum Gasteiger partial charge on any atom is -0.326 e. The fraction of sp³-hybridized carbons (Fsp3) is 0.429. The molecule has 5 heteroatoms. The molecule has 0 spiro atoms. The standard InChI is InChI=1S/C14H22N2O2S/c1-4-8-16(12(2)3)19(17,18)11-14-7-5-6-13(9-14)10-15/h4-7,9,12H,1,8,10-11,15H2,2-3H3. The average molecular weight is 282 g/mol. The zero-order valence-electron chi connectivity index (χ0n) is 11.5. The SMILES string of the molecule is C=CCN(C(C)C)S(=O)(=O)Cc1cccc(CN)c1. The van der Waals surface area contributed by atoms with Crippen LogP contribution in [0.5, 0.6) is 0 Å². The molecule has 0 aliphatic carbocycles. The summed E-state index contributed by atoms with van der Waals surface area (Å²) in [6, 6.07) is 7.29. The first-order chi connectivity index (χ1) is 8.90. The van der Waals surface area contributed by atoms with Crippen molar-refractivity contribution in [1.82, 2.24) is 4.31 Å². The lowest BCUT2D eigenvalue weighted by Crippen LogP contribution is -2.37. The average Bonchev–Trinajstić information content (AvgIpc) is 2.35. The molecule has 0 saturated heterocycles. The molecule has 1 aromatic carbocycles. The predicted molar refractivity (Wildman–Crippen MR) is 79.0 cm³/mol. The molecule has 0 radical (unpaired) electrons. The second-order valence-corrected chi connectivity index (χ2v) is 6.65. The fourth-order valence-corrected chi connectivity index (χ4v) is 3.65. The molecule has 1 rings (SSSR count). The number of rotatable bonds is 7. The molecule has 0 fully saturated rings. The second-order valence-electron chi connectivity index (χ2n) is 4.73. The van der Waals surface area contributed by atoms with Crippen LogP contribution in [0.1, 0.15) is 25.0 Å². The zero-order chi connectivity index (χ0) is 14.5. The van der Waals surface area contributed by atoms with Crippen LogP contribution in [0.15, 0.2) is 36.9 Å². The Morgan fingerprint density at radius 3 is 2.53 bits per heavy atom. The smallest absolute Gasteiger partial charge is 0.218 e. The minimum absolute atomic E-state index is 0.00708. The summed E-state index contributed by atoms with van der Waals surface area (Å²) in [5.41, 5.74) is 7.26. The highest BCUT2D eigenvalue weighted by Crippen LogP contribution is 2.15. The lowest BCUT2D eigenvalue weighted by Gasteiger charge is -2.24. The third kappa shape index (κ3) is 4.45. The van der Waals surface area contributed by atoms with Gasteiger partial charge in [0, 0.05) is 19.1 Å². The van der Waals surface area contributed by atoms with E-state index in [1.54, 1.807) is 6.08 Å². The summed E-state index contributed by atoms with van der Waals surface area (Å²) < 4.78 is 26.2. The van der Waals surface area contributed by atoms with Crippen molar-refractivity contribution in [3.8, 4) is 0 Å². The van der Waals surface area contributed by atoms with Crippen molar-refractivity contribution in [2.45, 2.75) is 32.2 Å². The summed E-state index contributed by atoms with van der Waals surface area (Å²) in [6.07, 6.45) is 1.61.